The second-order valence-electron chi connectivity index (χ2n) is 8.15. The summed E-state index contributed by atoms with van der Waals surface area (Å²) in [6.45, 7) is 6.48. The molecule has 0 bridgehead atoms. The molecule has 154 valence electrons. The van der Waals surface area contributed by atoms with E-state index in [0.29, 0.717) is 22.6 Å². The molecule has 0 aliphatic carbocycles. The summed E-state index contributed by atoms with van der Waals surface area (Å²) in [6.07, 6.45) is 3.04. The van der Waals surface area contributed by atoms with E-state index in [1.165, 1.54) is 0 Å². The number of hydrogen-bond acceptors (Lipinski definition) is 3. The van der Waals surface area contributed by atoms with Crippen molar-refractivity contribution in [2.45, 2.75) is 32.7 Å². The average molecular weight is 480 g/mol. The van der Waals surface area contributed by atoms with Gasteiger partial charge in [0.25, 0.3) is 0 Å². The lowest BCUT2D eigenvalue weighted by atomic mass is 9.70. The van der Waals surface area contributed by atoms with E-state index in [2.05, 4.69) is 36.5 Å². The van der Waals surface area contributed by atoms with Crippen molar-refractivity contribution in [3.63, 3.8) is 0 Å². The minimum absolute atomic E-state index is 0.373. The Morgan fingerprint density at radius 3 is 2.69 bits per heavy atom. The quantitative estimate of drug-likeness (QED) is 0.342. The van der Waals surface area contributed by atoms with Crippen LogP contribution in [0.4, 0.5) is 10.5 Å². The highest BCUT2D eigenvalue weighted by Crippen LogP contribution is 2.36. The Labute approximate surface area is 183 Å². The molecule has 3 rings (SSSR count). The standard InChI is InChI=1S/C21H24BrClN4O2/c1-20(2,3)21(27-19(28)29,12-26-14-8-16(22)18(23)25-11-14)9-13-10-24-17-7-5-4-6-15(13)17/h4-8,10-11,24,26-27H,9,12H2,1-3H3,(H,28,29)/t21-/m1/s1. The molecule has 1 atom stereocenters. The molecule has 0 unspecified atom stereocenters. The van der Waals surface area contributed by atoms with Gasteiger partial charge in [0.2, 0.25) is 0 Å². The molecule has 8 heteroatoms. The van der Waals surface area contributed by atoms with Crippen LogP contribution in [0.25, 0.3) is 10.9 Å². The first-order chi connectivity index (χ1) is 13.6. The molecular weight excluding hydrogens is 456 g/mol. The van der Waals surface area contributed by atoms with Crippen molar-refractivity contribution in [1.29, 1.82) is 0 Å². The van der Waals surface area contributed by atoms with Crippen LogP contribution in [-0.2, 0) is 6.42 Å². The van der Waals surface area contributed by atoms with E-state index >= 15 is 0 Å². The highest BCUT2D eigenvalue weighted by atomic mass is 79.9. The predicted molar refractivity (Wildman–Crippen MR) is 121 cm³/mol. The molecule has 0 fully saturated rings. The van der Waals surface area contributed by atoms with Crippen molar-refractivity contribution in [3.05, 3.63) is 57.9 Å². The van der Waals surface area contributed by atoms with Gasteiger partial charge in [-0.1, -0.05) is 50.6 Å². The van der Waals surface area contributed by atoms with Gasteiger partial charge in [-0.15, -0.1) is 0 Å². The fourth-order valence-corrected chi connectivity index (χ4v) is 3.90. The first-order valence-corrected chi connectivity index (χ1v) is 10.4. The number of benzene rings is 1. The normalized spacial score (nSPS) is 13.8. The highest BCUT2D eigenvalue weighted by molar-refractivity contribution is 9.10. The molecule has 6 nitrogen and oxygen atoms in total. The molecule has 2 aromatic heterocycles. The minimum atomic E-state index is -1.06. The second-order valence-corrected chi connectivity index (χ2v) is 9.36. The number of hydrogen-bond donors (Lipinski definition) is 4. The molecule has 1 amide bonds. The third-order valence-electron chi connectivity index (χ3n) is 5.34. The molecule has 0 aliphatic heterocycles. The fourth-order valence-electron chi connectivity index (χ4n) is 3.45. The lowest BCUT2D eigenvalue weighted by molar-refractivity contribution is 0.126. The lowest BCUT2D eigenvalue weighted by Crippen LogP contribution is -2.62. The number of carboxylic acid groups (broad SMARTS) is 1. The van der Waals surface area contributed by atoms with E-state index in [4.69, 9.17) is 11.6 Å². The minimum Gasteiger partial charge on any atom is -0.465 e. The molecule has 29 heavy (non-hydrogen) atoms. The van der Waals surface area contributed by atoms with Crippen LogP contribution in [0.2, 0.25) is 5.15 Å². The van der Waals surface area contributed by atoms with Crippen LogP contribution < -0.4 is 10.6 Å². The van der Waals surface area contributed by atoms with E-state index in [-0.39, 0.29) is 5.41 Å². The van der Waals surface area contributed by atoms with Crippen LogP contribution in [0.3, 0.4) is 0 Å². The van der Waals surface area contributed by atoms with E-state index in [0.717, 1.165) is 22.2 Å². The highest BCUT2D eigenvalue weighted by Gasteiger charge is 2.44. The summed E-state index contributed by atoms with van der Waals surface area (Å²) in [6, 6.07) is 9.84. The number of nitrogens with one attached hydrogen (secondary N) is 3. The number of amides is 1. The molecule has 0 spiro atoms. The van der Waals surface area contributed by atoms with Gasteiger partial charge >= 0.3 is 6.09 Å². The van der Waals surface area contributed by atoms with Gasteiger partial charge in [-0.05, 0) is 45.5 Å². The summed E-state index contributed by atoms with van der Waals surface area (Å²) in [5, 5.41) is 17.3. The van der Waals surface area contributed by atoms with Gasteiger partial charge in [0.05, 0.1) is 21.9 Å². The van der Waals surface area contributed by atoms with Gasteiger partial charge in [-0.25, -0.2) is 9.78 Å². The Bertz CT molecular complexity index is 1030. The van der Waals surface area contributed by atoms with Gasteiger partial charge in [-0.3, -0.25) is 0 Å². The molecule has 2 heterocycles. The Morgan fingerprint density at radius 1 is 1.31 bits per heavy atom. The largest absolute Gasteiger partial charge is 0.465 e. The number of anilines is 1. The maximum Gasteiger partial charge on any atom is 0.405 e. The zero-order valence-electron chi connectivity index (χ0n) is 16.5. The summed E-state index contributed by atoms with van der Waals surface area (Å²) in [7, 11) is 0. The van der Waals surface area contributed by atoms with Crippen molar-refractivity contribution in [2.24, 2.45) is 5.41 Å². The number of H-pyrrole nitrogens is 1. The maximum absolute atomic E-state index is 11.8. The Hall–Kier alpha value is -2.25. The zero-order valence-corrected chi connectivity index (χ0v) is 18.9. The van der Waals surface area contributed by atoms with Crippen LogP contribution >= 0.6 is 27.5 Å². The van der Waals surface area contributed by atoms with Gasteiger partial charge in [0.15, 0.2) is 0 Å². The first kappa shape index (κ1) is 21.5. The van der Waals surface area contributed by atoms with Crippen molar-refractivity contribution >= 4 is 50.2 Å². The summed E-state index contributed by atoms with van der Waals surface area (Å²) in [4.78, 5) is 19.2. The molecule has 0 saturated heterocycles. The summed E-state index contributed by atoms with van der Waals surface area (Å²) >= 11 is 9.36. The fraction of sp³-hybridized carbons (Fsp3) is 0.333. The topological polar surface area (TPSA) is 90.0 Å². The van der Waals surface area contributed by atoms with E-state index in [1.807, 2.05) is 57.3 Å². The molecule has 0 aliphatic rings. The van der Waals surface area contributed by atoms with Crippen LogP contribution in [0, 0.1) is 5.41 Å². The monoisotopic (exact) mass is 478 g/mol. The van der Waals surface area contributed by atoms with Gasteiger partial charge in [0, 0.05) is 23.6 Å². The number of aromatic amines is 1. The van der Waals surface area contributed by atoms with Crippen LogP contribution in [0.5, 0.6) is 0 Å². The summed E-state index contributed by atoms with van der Waals surface area (Å²) in [5.74, 6) is 0. The molecule has 1 aromatic carbocycles. The van der Waals surface area contributed by atoms with Crippen molar-refractivity contribution < 1.29 is 9.90 Å². The van der Waals surface area contributed by atoms with Crippen LogP contribution in [-0.4, -0.2) is 33.3 Å². The van der Waals surface area contributed by atoms with Gasteiger partial charge in [-0.2, -0.15) is 0 Å². The number of fused-ring (bicyclic) bond motifs is 1. The van der Waals surface area contributed by atoms with E-state index < -0.39 is 11.6 Å². The van der Waals surface area contributed by atoms with Crippen molar-refractivity contribution in [3.8, 4) is 0 Å². The number of rotatable bonds is 6. The summed E-state index contributed by atoms with van der Waals surface area (Å²) < 4.78 is 0.674. The number of carbonyl (C=O) groups is 1. The van der Waals surface area contributed by atoms with Crippen LogP contribution in [0.1, 0.15) is 26.3 Å². The number of pyridine rings is 1. The maximum atomic E-state index is 11.8. The van der Waals surface area contributed by atoms with Crippen molar-refractivity contribution in [1.82, 2.24) is 15.3 Å². The SMILES string of the molecule is CC(C)(C)[C@](CNc1cnc(Cl)c(Br)c1)(Cc1c[nH]c2ccccc12)NC(=O)O. The Kier molecular flexibility index (Phi) is 6.10. The van der Waals surface area contributed by atoms with Gasteiger partial charge in [0.1, 0.15) is 5.15 Å². The molecule has 4 N–H and O–H groups in total. The number of aromatic nitrogens is 2. The molecule has 0 saturated carbocycles. The Morgan fingerprint density at radius 2 is 2.03 bits per heavy atom. The predicted octanol–water partition coefficient (Wildman–Crippen LogP) is 5.69. The van der Waals surface area contributed by atoms with Gasteiger partial charge < -0.3 is 20.7 Å². The molecule has 0 radical (unpaired) electrons. The van der Waals surface area contributed by atoms with E-state index in [1.54, 1.807) is 6.20 Å². The molecular formula is C21H24BrClN4O2. The van der Waals surface area contributed by atoms with E-state index in [9.17, 15) is 9.90 Å². The Balaban J connectivity index is 1.98. The third kappa shape index (κ3) is 4.67. The summed E-state index contributed by atoms with van der Waals surface area (Å²) in [5.41, 5.74) is 1.67. The number of nitrogens with zero attached hydrogens (tertiary/aromatic N) is 1. The lowest BCUT2D eigenvalue weighted by Gasteiger charge is -2.45. The molecule has 3 aromatic rings. The number of halogens is 2. The first-order valence-electron chi connectivity index (χ1n) is 9.22. The zero-order chi connectivity index (χ0) is 21.2. The smallest absolute Gasteiger partial charge is 0.405 e. The number of para-hydroxylation sites is 1. The third-order valence-corrected chi connectivity index (χ3v) is 6.47. The van der Waals surface area contributed by atoms with Crippen LogP contribution in [0.15, 0.2) is 47.2 Å². The average Bonchev–Trinajstić information content (AvgIpc) is 3.04. The van der Waals surface area contributed by atoms with Crippen molar-refractivity contribution in [2.75, 3.05) is 11.9 Å². The second kappa shape index (κ2) is 8.24.